The lowest BCUT2D eigenvalue weighted by Gasteiger charge is -2.08. The quantitative estimate of drug-likeness (QED) is 0.822. The van der Waals surface area contributed by atoms with E-state index in [0.717, 1.165) is 11.3 Å². The van der Waals surface area contributed by atoms with Gasteiger partial charge >= 0.3 is 0 Å². The molecule has 4 heteroatoms. The monoisotopic (exact) mass is 231 g/mol. The summed E-state index contributed by atoms with van der Waals surface area (Å²) in [7, 11) is 0. The summed E-state index contributed by atoms with van der Waals surface area (Å²) in [6.07, 6.45) is 1.93. The number of hydrogen-bond donors (Lipinski definition) is 1. The Labute approximate surface area is 100 Å². The van der Waals surface area contributed by atoms with Crippen LogP contribution in [0.4, 0.5) is 0 Å². The van der Waals surface area contributed by atoms with Crippen molar-refractivity contribution < 1.29 is 4.79 Å². The van der Waals surface area contributed by atoms with E-state index in [-0.39, 0.29) is 11.7 Å². The molecule has 0 spiro atoms. The standard InChI is InChI=1S/C13H17N3O/c1-8(2)12-11(13(17)9(3)14)15-10-6-4-5-7-16(10)12/h4-9H,14H2,1-3H3. The molecule has 2 aromatic rings. The van der Waals surface area contributed by atoms with Crippen molar-refractivity contribution in [1.82, 2.24) is 9.38 Å². The molecular formula is C13H17N3O. The molecular weight excluding hydrogens is 214 g/mol. The average molecular weight is 231 g/mol. The van der Waals surface area contributed by atoms with E-state index in [2.05, 4.69) is 18.8 Å². The second-order valence-corrected chi connectivity index (χ2v) is 4.58. The molecule has 17 heavy (non-hydrogen) atoms. The van der Waals surface area contributed by atoms with Crippen LogP contribution in [0.2, 0.25) is 0 Å². The molecule has 0 saturated carbocycles. The molecule has 0 aliphatic heterocycles. The van der Waals surface area contributed by atoms with Crippen molar-refractivity contribution in [1.29, 1.82) is 0 Å². The highest BCUT2D eigenvalue weighted by molar-refractivity contribution is 5.99. The third-order valence-corrected chi connectivity index (χ3v) is 2.76. The van der Waals surface area contributed by atoms with Gasteiger partial charge in [-0.15, -0.1) is 0 Å². The van der Waals surface area contributed by atoms with Gasteiger partial charge in [0.05, 0.1) is 11.7 Å². The predicted octanol–water partition coefficient (Wildman–Crippen LogP) is 1.99. The first-order valence-electron chi connectivity index (χ1n) is 5.79. The fourth-order valence-electron chi connectivity index (χ4n) is 1.96. The first kappa shape index (κ1) is 11.8. The minimum Gasteiger partial charge on any atom is -0.321 e. The summed E-state index contributed by atoms with van der Waals surface area (Å²) in [4.78, 5) is 16.4. The molecule has 0 aromatic carbocycles. The molecule has 90 valence electrons. The molecule has 0 aliphatic carbocycles. The number of aromatic nitrogens is 2. The van der Waals surface area contributed by atoms with Gasteiger partial charge < -0.3 is 10.1 Å². The van der Waals surface area contributed by atoms with E-state index in [9.17, 15) is 4.79 Å². The van der Waals surface area contributed by atoms with Crippen molar-refractivity contribution in [3.05, 3.63) is 35.8 Å². The lowest BCUT2D eigenvalue weighted by atomic mass is 10.0. The maximum absolute atomic E-state index is 12.0. The molecule has 0 aliphatic rings. The number of Topliss-reactive ketones (excluding diaryl/α,β-unsaturated/α-hetero) is 1. The Balaban J connectivity index is 2.70. The van der Waals surface area contributed by atoms with Gasteiger partial charge in [-0.05, 0) is 25.0 Å². The van der Waals surface area contributed by atoms with E-state index in [4.69, 9.17) is 5.73 Å². The van der Waals surface area contributed by atoms with Crippen LogP contribution in [0.25, 0.3) is 5.65 Å². The first-order chi connectivity index (χ1) is 8.02. The van der Waals surface area contributed by atoms with Crippen LogP contribution in [0, 0.1) is 0 Å². The molecule has 1 unspecified atom stereocenters. The number of fused-ring (bicyclic) bond motifs is 1. The van der Waals surface area contributed by atoms with Gasteiger partial charge in [0.25, 0.3) is 0 Å². The van der Waals surface area contributed by atoms with Gasteiger partial charge in [0.1, 0.15) is 11.3 Å². The number of imidazole rings is 1. The van der Waals surface area contributed by atoms with Gasteiger partial charge in [-0.3, -0.25) is 4.79 Å². The fraction of sp³-hybridized carbons (Fsp3) is 0.385. The second-order valence-electron chi connectivity index (χ2n) is 4.58. The van der Waals surface area contributed by atoms with E-state index < -0.39 is 6.04 Å². The molecule has 2 heterocycles. The summed E-state index contributed by atoms with van der Waals surface area (Å²) in [6, 6.07) is 5.22. The van der Waals surface area contributed by atoms with Crippen molar-refractivity contribution in [3.8, 4) is 0 Å². The van der Waals surface area contributed by atoms with Gasteiger partial charge in [0, 0.05) is 6.20 Å². The van der Waals surface area contributed by atoms with Crippen molar-refractivity contribution in [2.75, 3.05) is 0 Å². The van der Waals surface area contributed by atoms with Gasteiger partial charge in [0.15, 0.2) is 5.78 Å². The Kier molecular flexibility index (Phi) is 2.98. The van der Waals surface area contributed by atoms with E-state index in [1.54, 1.807) is 6.92 Å². The van der Waals surface area contributed by atoms with Gasteiger partial charge in [-0.2, -0.15) is 0 Å². The average Bonchev–Trinajstić information content (AvgIpc) is 2.66. The van der Waals surface area contributed by atoms with Crippen LogP contribution in [-0.2, 0) is 0 Å². The highest BCUT2D eigenvalue weighted by atomic mass is 16.1. The maximum atomic E-state index is 12.0. The summed E-state index contributed by atoms with van der Waals surface area (Å²) in [5.41, 5.74) is 7.89. The Bertz CT molecular complexity index is 555. The molecule has 2 N–H and O–H groups in total. The minimum absolute atomic E-state index is 0.0996. The Morgan fingerprint density at radius 3 is 2.65 bits per heavy atom. The smallest absolute Gasteiger partial charge is 0.199 e. The topological polar surface area (TPSA) is 60.4 Å². The molecule has 0 saturated heterocycles. The molecule has 0 radical (unpaired) electrons. The maximum Gasteiger partial charge on any atom is 0.199 e. The number of hydrogen-bond acceptors (Lipinski definition) is 3. The zero-order valence-corrected chi connectivity index (χ0v) is 10.3. The number of nitrogens with two attached hydrogens (primary N) is 1. The second kappa shape index (κ2) is 4.30. The summed E-state index contributed by atoms with van der Waals surface area (Å²) in [5, 5.41) is 0. The summed E-state index contributed by atoms with van der Waals surface area (Å²) in [5.74, 6) is 0.127. The molecule has 4 nitrogen and oxygen atoms in total. The highest BCUT2D eigenvalue weighted by Crippen LogP contribution is 2.22. The fourth-order valence-corrected chi connectivity index (χ4v) is 1.96. The summed E-state index contributed by atoms with van der Waals surface area (Å²) in [6.45, 7) is 5.79. The Hall–Kier alpha value is -1.68. The van der Waals surface area contributed by atoms with Crippen molar-refractivity contribution in [2.24, 2.45) is 5.73 Å². The van der Waals surface area contributed by atoms with Crippen molar-refractivity contribution >= 4 is 11.4 Å². The minimum atomic E-state index is -0.516. The summed E-state index contributed by atoms with van der Waals surface area (Å²) >= 11 is 0. The molecule has 0 amide bonds. The van der Waals surface area contributed by atoms with Crippen LogP contribution in [0.3, 0.4) is 0 Å². The SMILES string of the molecule is CC(N)C(=O)c1nc2ccccn2c1C(C)C. The van der Waals surface area contributed by atoms with Crippen LogP contribution in [0.5, 0.6) is 0 Å². The lowest BCUT2D eigenvalue weighted by molar-refractivity contribution is 0.0962. The third kappa shape index (κ3) is 1.96. The van der Waals surface area contributed by atoms with Crippen molar-refractivity contribution in [2.45, 2.75) is 32.7 Å². The highest BCUT2D eigenvalue weighted by Gasteiger charge is 2.22. The van der Waals surface area contributed by atoms with Gasteiger partial charge in [-0.25, -0.2) is 4.98 Å². The van der Waals surface area contributed by atoms with Crippen LogP contribution in [0.1, 0.15) is 42.9 Å². The normalized spacial score (nSPS) is 13.2. The third-order valence-electron chi connectivity index (χ3n) is 2.76. The number of pyridine rings is 1. The lowest BCUT2D eigenvalue weighted by Crippen LogP contribution is -2.28. The van der Waals surface area contributed by atoms with Crippen LogP contribution in [-0.4, -0.2) is 21.2 Å². The van der Waals surface area contributed by atoms with Gasteiger partial charge in [0.2, 0.25) is 0 Å². The number of carbonyl (C=O) groups excluding carboxylic acids is 1. The molecule has 2 rings (SSSR count). The first-order valence-corrected chi connectivity index (χ1v) is 5.79. The molecule has 1 atom stereocenters. The van der Waals surface area contributed by atoms with Crippen LogP contribution >= 0.6 is 0 Å². The molecule has 0 bridgehead atoms. The van der Waals surface area contributed by atoms with E-state index in [1.165, 1.54) is 0 Å². The summed E-state index contributed by atoms with van der Waals surface area (Å²) < 4.78 is 1.96. The van der Waals surface area contributed by atoms with Crippen LogP contribution in [0.15, 0.2) is 24.4 Å². The number of nitrogens with zero attached hydrogens (tertiary/aromatic N) is 2. The zero-order valence-electron chi connectivity index (χ0n) is 10.3. The van der Waals surface area contributed by atoms with E-state index in [1.807, 2.05) is 28.8 Å². The molecule has 0 fully saturated rings. The van der Waals surface area contributed by atoms with Crippen molar-refractivity contribution in [3.63, 3.8) is 0 Å². The number of rotatable bonds is 3. The Morgan fingerprint density at radius 1 is 1.35 bits per heavy atom. The molecule has 2 aromatic heterocycles. The number of carbonyl (C=O) groups is 1. The predicted molar refractivity (Wildman–Crippen MR) is 67.3 cm³/mol. The van der Waals surface area contributed by atoms with E-state index in [0.29, 0.717) is 5.69 Å². The Morgan fingerprint density at radius 2 is 2.06 bits per heavy atom. The van der Waals surface area contributed by atoms with Gasteiger partial charge in [-0.1, -0.05) is 19.9 Å². The van der Waals surface area contributed by atoms with E-state index >= 15 is 0 Å². The van der Waals surface area contributed by atoms with Crippen LogP contribution < -0.4 is 5.73 Å². The zero-order chi connectivity index (χ0) is 12.6. The largest absolute Gasteiger partial charge is 0.321 e. The number of ketones is 1.